The molecule has 18 heavy (non-hydrogen) atoms. The third-order valence-electron chi connectivity index (χ3n) is 3.82. The number of nitrogens with one attached hydrogen (secondary N) is 1. The average molecular weight is 267 g/mol. The zero-order chi connectivity index (χ0) is 12.8. The van der Waals surface area contributed by atoms with Crippen LogP contribution in [0.5, 0.6) is 0 Å². The molecule has 1 heterocycles. The Balaban J connectivity index is 1.69. The van der Waals surface area contributed by atoms with Gasteiger partial charge in [0.1, 0.15) is 0 Å². The van der Waals surface area contributed by atoms with Crippen molar-refractivity contribution in [2.45, 2.75) is 32.2 Å². The van der Waals surface area contributed by atoms with Gasteiger partial charge in [-0.1, -0.05) is 36.7 Å². The van der Waals surface area contributed by atoms with Crippen LogP contribution in [0.1, 0.15) is 25.3 Å². The summed E-state index contributed by atoms with van der Waals surface area (Å²) in [6, 6.07) is 8.82. The Kier molecular flexibility index (Phi) is 5.48. The first-order valence-electron chi connectivity index (χ1n) is 6.98. The van der Waals surface area contributed by atoms with Gasteiger partial charge in [0.25, 0.3) is 0 Å². The van der Waals surface area contributed by atoms with Crippen LogP contribution in [0.15, 0.2) is 24.3 Å². The van der Waals surface area contributed by atoms with Crippen LogP contribution in [0.25, 0.3) is 0 Å². The Morgan fingerprint density at radius 3 is 2.67 bits per heavy atom. The minimum atomic E-state index is 0.690. The summed E-state index contributed by atoms with van der Waals surface area (Å²) >= 11 is 6.15. The lowest BCUT2D eigenvalue weighted by atomic mass is 10.0. The monoisotopic (exact) mass is 266 g/mol. The molecule has 1 N–H and O–H groups in total. The SMILES string of the molecule is CCN1CCC(NCCc2ccccc2Cl)CC1. The predicted octanol–water partition coefficient (Wildman–Crippen LogP) is 2.96. The van der Waals surface area contributed by atoms with E-state index in [4.69, 9.17) is 11.6 Å². The number of hydrogen-bond donors (Lipinski definition) is 1. The molecule has 1 aliphatic rings. The number of halogens is 1. The van der Waals surface area contributed by atoms with Crippen LogP contribution >= 0.6 is 11.6 Å². The Labute approximate surface area is 115 Å². The lowest BCUT2D eigenvalue weighted by Gasteiger charge is -2.31. The van der Waals surface area contributed by atoms with Crippen LogP contribution in [-0.4, -0.2) is 37.1 Å². The summed E-state index contributed by atoms with van der Waals surface area (Å²) in [5, 5.41) is 4.55. The van der Waals surface area contributed by atoms with Crippen molar-refractivity contribution >= 4 is 11.6 Å². The molecule has 100 valence electrons. The third-order valence-corrected chi connectivity index (χ3v) is 4.19. The second kappa shape index (κ2) is 7.13. The Morgan fingerprint density at radius 2 is 2.00 bits per heavy atom. The van der Waals surface area contributed by atoms with E-state index in [0.29, 0.717) is 6.04 Å². The first kappa shape index (κ1) is 13.9. The van der Waals surface area contributed by atoms with E-state index < -0.39 is 0 Å². The molecule has 1 aromatic carbocycles. The molecule has 0 aliphatic carbocycles. The van der Waals surface area contributed by atoms with E-state index in [2.05, 4.69) is 29.3 Å². The van der Waals surface area contributed by atoms with E-state index in [1.54, 1.807) is 0 Å². The number of benzene rings is 1. The number of piperidine rings is 1. The van der Waals surface area contributed by atoms with Gasteiger partial charge >= 0.3 is 0 Å². The van der Waals surface area contributed by atoms with Crippen LogP contribution in [-0.2, 0) is 6.42 Å². The average Bonchev–Trinajstić information content (AvgIpc) is 2.42. The molecular formula is C15H23ClN2. The molecule has 0 amide bonds. The highest BCUT2D eigenvalue weighted by atomic mass is 35.5. The predicted molar refractivity (Wildman–Crippen MR) is 78.3 cm³/mol. The van der Waals surface area contributed by atoms with Gasteiger partial charge in [0.05, 0.1) is 0 Å². The summed E-state index contributed by atoms with van der Waals surface area (Å²) in [5.74, 6) is 0. The molecule has 0 bridgehead atoms. The van der Waals surface area contributed by atoms with E-state index in [9.17, 15) is 0 Å². The molecule has 2 nitrogen and oxygen atoms in total. The highest BCUT2D eigenvalue weighted by Gasteiger charge is 2.16. The molecular weight excluding hydrogens is 244 g/mol. The molecule has 0 atom stereocenters. The van der Waals surface area contributed by atoms with E-state index >= 15 is 0 Å². The number of likely N-dealkylation sites (tertiary alicyclic amines) is 1. The van der Waals surface area contributed by atoms with E-state index in [1.165, 1.54) is 38.0 Å². The maximum Gasteiger partial charge on any atom is 0.0438 e. The fourth-order valence-corrected chi connectivity index (χ4v) is 2.80. The molecule has 0 unspecified atom stereocenters. The zero-order valence-electron chi connectivity index (χ0n) is 11.2. The maximum atomic E-state index is 6.15. The molecule has 0 saturated carbocycles. The van der Waals surface area contributed by atoms with Crippen molar-refractivity contribution in [2.75, 3.05) is 26.2 Å². The van der Waals surface area contributed by atoms with Crippen molar-refractivity contribution in [3.05, 3.63) is 34.9 Å². The summed E-state index contributed by atoms with van der Waals surface area (Å²) in [5.41, 5.74) is 1.25. The van der Waals surface area contributed by atoms with E-state index in [1.807, 2.05) is 12.1 Å². The lowest BCUT2D eigenvalue weighted by molar-refractivity contribution is 0.207. The van der Waals surface area contributed by atoms with Gasteiger partial charge in [0, 0.05) is 11.1 Å². The van der Waals surface area contributed by atoms with Crippen molar-refractivity contribution in [3.8, 4) is 0 Å². The van der Waals surface area contributed by atoms with Crippen molar-refractivity contribution in [1.29, 1.82) is 0 Å². The summed E-state index contributed by atoms with van der Waals surface area (Å²) in [6.45, 7) is 6.93. The van der Waals surface area contributed by atoms with Crippen LogP contribution < -0.4 is 5.32 Å². The van der Waals surface area contributed by atoms with Crippen LogP contribution in [0.4, 0.5) is 0 Å². The number of hydrogen-bond acceptors (Lipinski definition) is 2. The highest BCUT2D eigenvalue weighted by molar-refractivity contribution is 6.31. The van der Waals surface area contributed by atoms with Gasteiger partial charge in [-0.2, -0.15) is 0 Å². The molecule has 2 rings (SSSR count). The summed E-state index contributed by atoms with van der Waals surface area (Å²) in [4.78, 5) is 2.52. The smallest absolute Gasteiger partial charge is 0.0438 e. The van der Waals surface area contributed by atoms with Crippen LogP contribution in [0, 0.1) is 0 Å². The molecule has 3 heteroatoms. The first-order valence-corrected chi connectivity index (χ1v) is 7.36. The standard InChI is InChI=1S/C15H23ClN2/c1-2-18-11-8-14(9-12-18)17-10-7-13-5-3-4-6-15(13)16/h3-6,14,17H,2,7-12H2,1H3. The Bertz CT molecular complexity index is 359. The molecule has 0 radical (unpaired) electrons. The van der Waals surface area contributed by atoms with Crippen molar-refractivity contribution in [2.24, 2.45) is 0 Å². The number of nitrogens with zero attached hydrogens (tertiary/aromatic N) is 1. The van der Waals surface area contributed by atoms with Gasteiger partial charge in [-0.15, -0.1) is 0 Å². The molecule has 1 fully saturated rings. The largest absolute Gasteiger partial charge is 0.314 e. The van der Waals surface area contributed by atoms with Crippen LogP contribution in [0.2, 0.25) is 5.02 Å². The fraction of sp³-hybridized carbons (Fsp3) is 0.600. The zero-order valence-corrected chi connectivity index (χ0v) is 11.9. The Morgan fingerprint density at radius 1 is 1.28 bits per heavy atom. The van der Waals surface area contributed by atoms with Gasteiger partial charge in [-0.25, -0.2) is 0 Å². The van der Waals surface area contributed by atoms with E-state index in [0.717, 1.165) is 18.0 Å². The fourth-order valence-electron chi connectivity index (χ4n) is 2.57. The minimum Gasteiger partial charge on any atom is -0.314 e. The summed E-state index contributed by atoms with van der Waals surface area (Å²) in [6.07, 6.45) is 3.57. The van der Waals surface area contributed by atoms with Crippen LogP contribution in [0.3, 0.4) is 0 Å². The second-order valence-corrected chi connectivity index (χ2v) is 5.41. The van der Waals surface area contributed by atoms with Crippen molar-refractivity contribution < 1.29 is 0 Å². The molecule has 0 aromatic heterocycles. The summed E-state index contributed by atoms with van der Waals surface area (Å²) < 4.78 is 0. The third kappa shape index (κ3) is 3.98. The summed E-state index contributed by atoms with van der Waals surface area (Å²) in [7, 11) is 0. The lowest BCUT2D eigenvalue weighted by Crippen LogP contribution is -2.42. The molecule has 1 aromatic rings. The topological polar surface area (TPSA) is 15.3 Å². The molecule has 1 saturated heterocycles. The quantitative estimate of drug-likeness (QED) is 0.882. The van der Waals surface area contributed by atoms with Crippen molar-refractivity contribution in [3.63, 3.8) is 0 Å². The van der Waals surface area contributed by atoms with Gasteiger partial charge in [0.15, 0.2) is 0 Å². The van der Waals surface area contributed by atoms with Gasteiger partial charge in [-0.3, -0.25) is 0 Å². The van der Waals surface area contributed by atoms with Gasteiger partial charge < -0.3 is 10.2 Å². The molecule has 1 aliphatic heterocycles. The van der Waals surface area contributed by atoms with Gasteiger partial charge in [0.2, 0.25) is 0 Å². The molecule has 0 spiro atoms. The Hall–Kier alpha value is -0.570. The normalized spacial score (nSPS) is 18.1. The van der Waals surface area contributed by atoms with Gasteiger partial charge in [-0.05, 0) is 57.1 Å². The minimum absolute atomic E-state index is 0.690. The number of rotatable bonds is 5. The second-order valence-electron chi connectivity index (χ2n) is 5.00. The van der Waals surface area contributed by atoms with E-state index in [-0.39, 0.29) is 0 Å². The highest BCUT2D eigenvalue weighted by Crippen LogP contribution is 2.15. The first-order chi connectivity index (χ1) is 8.79. The maximum absolute atomic E-state index is 6.15. The van der Waals surface area contributed by atoms with Crippen molar-refractivity contribution in [1.82, 2.24) is 10.2 Å².